The molecule has 1 saturated heterocycles. The summed E-state index contributed by atoms with van der Waals surface area (Å²) in [5.74, 6) is 0.880. The van der Waals surface area contributed by atoms with Crippen molar-refractivity contribution in [2.45, 2.75) is 30.3 Å². The van der Waals surface area contributed by atoms with Crippen molar-refractivity contribution in [1.29, 1.82) is 10.8 Å². The quantitative estimate of drug-likeness (QED) is 0.126. The minimum Gasteiger partial charge on any atom is -0.338 e. The zero-order chi connectivity index (χ0) is 27.5. The number of benzene rings is 3. The molecule has 3 aromatic carbocycles. The van der Waals surface area contributed by atoms with Gasteiger partial charge in [-0.05, 0) is 79.8 Å². The summed E-state index contributed by atoms with van der Waals surface area (Å²) < 4.78 is 17.3. The van der Waals surface area contributed by atoms with Crippen LogP contribution in [0.15, 0.2) is 96.0 Å². The number of amidine groups is 2. The second kappa shape index (κ2) is 11.6. The molecule has 0 aliphatic carbocycles. The molecule has 40 heavy (non-hydrogen) atoms. The topological polar surface area (TPSA) is 91.1 Å². The van der Waals surface area contributed by atoms with E-state index in [0.29, 0.717) is 28.0 Å². The minimum atomic E-state index is -0.191. The third-order valence-electron chi connectivity index (χ3n) is 7.30. The van der Waals surface area contributed by atoms with Crippen LogP contribution in [0.3, 0.4) is 0 Å². The van der Waals surface area contributed by atoms with Gasteiger partial charge in [0.1, 0.15) is 17.5 Å². The van der Waals surface area contributed by atoms with Crippen LogP contribution in [0.4, 0.5) is 21.6 Å². The van der Waals surface area contributed by atoms with Crippen LogP contribution in [-0.2, 0) is 6.54 Å². The lowest BCUT2D eigenvalue weighted by Crippen LogP contribution is -2.40. The van der Waals surface area contributed by atoms with Gasteiger partial charge >= 0.3 is 0 Å². The molecule has 202 valence electrons. The van der Waals surface area contributed by atoms with Crippen molar-refractivity contribution in [1.82, 2.24) is 14.6 Å². The van der Waals surface area contributed by atoms with E-state index in [-0.39, 0.29) is 17.5 Å². The first-order valence-corrected chi connectivity index (χ1v) is 14.2. The summed E-state index contributed by atoms with van der Waals surface area (Å²) in [6, 6.07) is 26.6. The van der Waals surface area contributed by atoms with Crippen LogP contribution in [0.5, 0.6) is 0 Å². The Labute approximate surface area is 237 Å². The third kappa shape index (κ3) is 5.49. The number of anilines is 3. The maximum Gasteiger partial charge on any atom is 0.154 e. The van der Waals surface area contributed by atoms with E-state index in [1.54, 1.807) is 23.2 Å². The Balaban J connectivity index is 1.10. The van der Waals surface area contributed by atoms with E-state index < -0.39 is 0 Å². The van der Waals surface area contributed by atoms with Crippen LogP contribution in [0.1, 0.15) is 29.5 Å². The third-order valence-corrected chi connectivity index (χ3v) is 8.31. The fraction of sp³-hybridized carbons (Fsp3) is 0.194. The molecule has 4 N–H and O–H groups in total. The van der Waals surface area contributed by atoms with Crippen molar-refractivity contribution >= 4 is 40.8 Å². The lowest BCUT2D eigenvalue weighted by molar-refractivity contribution is 0.201. The summed E-state index contributed by atoms with van der Waals surface area (Å²) in [5.41, 5.74) is 4.09. The van der Waals surface area contributed by atoms with Crippen molar-refractivity contribution in [2.75, 3.05) is 23.3 Å². The molecule has 0 bridgehead atoms. The maximum atomic E-state index is 13.9. The Morgan fingerprint density at radius 2 is 1.73 bits per heavy atom. The van der Waals surface area contributed by atoms with Gasteiger partial charge in [-0.25, -0.2) is 9.37 Å². The van der Waals surface area contributed by atoms with E-state index in [2.05, 4.69) is 32.1 Å². The SMILES string of the molecule is N=C(c1ccc(CN2CCC(NSc3ccccc3F)CC2)cc1)N1C(=N)c2ccccc2Nc2ncccc21. The van der Waals surface area contributed by atoms with Gasteiger partial charge in [-0.1, -0.05) is 48.5 Å². The van der Waals surface area contributed by atoms with Gasteiger partial charge in [0.05, 0.1) is 16.3 Å². The van der Waals surface area contributed by atoms with E-state index in [1.807, 2.05) is 54.6 Å². The maximum absolute atomic E-state index is 13.9. The van der Waals surface area contributed by atoms with Gasteiger partial charge in [-0.15, -0.1) is 0 Å². The predicted molar refractivity (Wildman–Crippen MR) is 160 cm³/mol. The molecule has 0 saturated carbocycles. The van der Waals surface area contributed by atoms with Gasteiger partial charge in [-0.3, -0.25) is 25.3 Å². The Kier molecular flexibility index (Phi) is 7.59. The lowest BCUT2D eigenvalue weighted by Gasteiger charge is -2.32. The molecule has 0 radical (unpaired) electrons. The Bertz CT molecular complexity index is 1530. The predicted octanol–water partition coefficient (Wildman–Crippen LogP) is 6.40. The van der Waals surface area contributed by atoms with Gasteiger partial charge in [0.15, 0.2) is 5.82 Å². The van der Waals surface area contributed by atoms with Gasteiger partial charge in [0.25, 0.3) is 0 Å². The first-order valence-electron chi connectivity index (χ1n) is 13.3. The van der Waals surface area contributed by atoms with Crippen LogP contribution < -0.4 is 14.9 Å². The molecule has 0 spiro atoms. The molecule has 3 heterocycles. The van der Waals surface area contributed by atoms with Crippen LogP contribution in [0.25, 0.3) is 0 Å². The second-order valence-electron chi connectivity index (χ2n) is 9.97. The van der Waals surface area contributed by atoms with Crippen LogP contribution in [-0.4, -0.2) is 40.7 Å². The van der Waals surface area contributed by atoms with Crippen LogP contribution in [0, 0.1) is 16.6 Å². The Morgan fingerprint density at radius 1 is 0.975 bits per heavy atom. The second-order valence-corrected chi connectivity index (χ2v) is 10.9. The fourth-order valence-corrected chi connectivity index (χ4v) is 5.95. The Hall–Kier alpha value is -4.05. The smallest absolute Gasteiger partial charge is 0.154 e. The standard InChI is InChI=1S/C31H30FN7S/c32-25-7-2-4-10-28(25)40-37-23-15-18-38(19-16-23)20-21-11-13-22(14-12-21)29(33)39-27-9-5-17-35-31(27)36-26-8-3-1-6-24(26)30(39)34/h1-14,17,23,33-34,37H,15-16,18-20H2,(H,35,36). The normalized spacial score (nSPS) is 15.6. The van der Waals surface area contributed by atoms with E-state index in [9.17, 15) is 4.39 Å². The van der Waals surface area contributed by atoms with Crippen molar-refractivity contribution in [3.8, 4) is 0 Å². The molecule has 2 aliphatic heterocycles. The first-order chi connectivity index (χ1) is 19.6. The number of likely N-dealkylation sites (tertiary alicyclic amines) is 1. The number of hydrogen-bond acceptors (Lipinski definition) is 7. The van der Waals surface area contributed by atoms with E-state index in [0.717, 1.165) is 43.7 Å². The van der Waals surface area contributed by atoms with Crippen molar-refractivity contribution in [3.05, 3.63) is 114 Å². The van der Waals surface area contributed by atoms with Crippen LogP contribution >= 0.6 is 11.9 Å². The lowest BCUT2D eigenvalue weighted by atomic mass is 10.0. The summed E-state index contributed by atoms with van der Waals surface area (Å²) in [5, 5.41) is 21.4. The number of aromatic nitrogens is 1. The number of rotatable bonds is 6. The molecule has 0 unspecified atom stereocenters. The molecule has 1 aromatic heterocycles. The molecule has 6 rings (SSSR count). The summed E-state index contributed by atoms with van der Waals surface area (Å²) in [7, 11) is 0. The average Bonchev–Trinajstić information content (AvgIpc) is 3.11. The number of para-hydroxylation sites is 1. The van der Waals surface area contributed by atoms with Gasteiger partial charge in [-0.2, -0.15) is 0 Å². The highest BCUT2D eigenvalue weighted by Gasteiger charge is 2.28. The highest BCUT2D eigenvalue weighted by atomic mass is 32.2. The summed E-state index contributed by atoms with van der Waals surface area (Å²) in [6.07, 6.45) is 3.72. The zero-order valence-corrected chi connectivity index (χ0v) is 22.7. The van der Waals surface area contributed by atoms with Gasteiger partial charge in [0, 0.05) is 29.9 Å². The van der Waals surface area contributed by atoms with E-state index in [4.69, 9.17) is 10.8 Å². The summed E-state index contributed by atoms with van der Waals surface area (Å²) in [4.78, 5) is 9.19. The summed E-state index contributed by atoms with van der Waals surface area (Å²) in [6.45, 7) is 2.77. The summed E-state index contributed by atoms with van der Waals surface area (Å²) >= 11 is 1.38. The number of nitrogens with one attached hydrogen (secondary N) is 4. The van der Waals surface area contributed by atoms with Crippen molar-refractivity contribution in [2.24, 2.45) is 0 Å². The molecule has 2 aliphatic rings. The van der Waals surface area contributed by atoms with Crippen molar-refractivity contribution in [3.63, 3.8) is 0 Å². The number of halogens is 1. The van der Waals surface area contributed by atoms with E-state index in [1.165, 1.54) is 23.6 Å². The highest BCUT2D eigenvalue weighted by molar-refractivity contribution is 7.97. The number of hydrogen-bond donors (Lipinski definition) is 4. The number of pyridine rings is 1. The zero-order valence-electron chi connectivity index (χ0n) is 21.9. The molecular formula is C31H30FN7S. The number of nitrogens with zero attached hydrogens (tertiary/aromatic N) is 3. The molecule has 0 amide bonds. The molecule has 4 aromatic rings. The van der Waals surface area contributed by atoms with Crippen LogP contribution in [0.2, 0.25) is 0 Å². The average molecular weight is 552 g/mol. The first kappa shape index (κ1) is 26.2. The van der Waals surface area contributed by atoms with Crippen molar-refractivity contribution < 1.29 is 4.39 Å². The highest BCUT2D eigenvalue weighted by Crippen LogP contribution is 2.35. The largest absolute Gasteiger partial charge is 0.338 e. The minimum absolute atomic E-state index is 0.191. The number of piperidine rings is 1. The van der Waals surface area contributed by atoms with E-state index >= 15 is 0 Å². The molecule has 9 heteroatoms. The number of fused-ring (bicyclic) bond motifs is 2. The van der Waals surface area contributed by atoms with Gasteiger partial charge < -0.3 is 5.32 Å². The molecule has 7 nitrogen and oxygen atoms in total. The Morgan fingerprint density at radius 3 is 2.52 bits per heavy atom. The monoisotopic (exact) mass is 551 g/mol. The van der Waals surface area contributed by atoms with Gasteiger partial charge in [0.2, 0.25) is 0 Å². The molecule has 1 fully saturated rings. The fourth-order valence-electron chi connectivity index (χ4n) is 5.11. The molecule has 0 atom stereocenters. The molecular weight excluding hydrogens is 521 g/mol.